The highest BCUT2D eigenvalue weighted by Gasteiger charge is 2.14. The first kappa shape index (κ1) is 13.9. The van der Waals surface area contributed by atoms with Crippen LogP contribution in [0, 0.1) is 0 Å². The zero-order valence-electron chi connectivity index (χ0n) is 11.6. The maximum atomic E-state index is 11.9. The van der Waals surface area contributed by atoms with Crippen LogP contribution in [0.1, 0.15) is 28.9 Å². The van der Waals surface area contributed by atoms with Gasteiger partial charge in [0.15, 0.2) is 11.5 Å². The summed E-state index contributed by atoms with van der Waals surface area (Å²) in [5, 5.41) is 9.25. The van der Waals surface area contributed by atoms with E-state index < -0.39 is 0 Å². The van der Waals surface area contributed by atoms with Gasteiger partial charge in [-0.3, -0.25) is 9.89 Å². The fraction of sp³-hybridized carbons (Fsp3) is 0.286. The van der Waals surface area contributed by atoms with Gasteiger partial charge < -0.3 is 14.8 Å². The first-order valence-electron chi connectivity index (χ1n) is 6.17. The molecule has 1 aromatic carbocycles. The average molecular weight is 275 g/mol. The van der Waals surface area contributed by atoms with Gasteiger partial charge in [0.2, 0.25) is 0 Å². The molecule has 0 aliphatic carbocycles. The minimum absolute atomic E-state index is 0.155. The lowest BCUT2D eigenvalue weighted by Gasteiger charge is -2.16. The molecule has 20 heavy (non-hydrogen) atoms. The van der Waals surface area contributed by atoms with Crippen molar-refractivity contribution < 1.29 is 14.3 Å². The van der Waals surface area contributed by atoms with Crippen LogP contribution in [0.5, 0.6) is 11.5 Å². The van der Waals surface area contributed by atoms with Crippen molar-refractivity contribution in [1.82, 2.24) is 15.5 Å². The second kappa shape index (κ2) is 6.10. The minimum Gasteiger partial charge on any atom is -0.493 e. The molecule has 0 aliphatic heterocycles. The van der Waals surface area contributed by atoms with Crippen LogP contribution in [-0.2, 0) is 0 Å². The lowest BCUT2D eigenvalue weighted by molar-refractivity contribution is 0.0940. The van der Waals surface area contributed by atoms with Gasteiger partial charge in [0.1, 0.15) is 0 Å². The summed E-state index contributed by atoms with van der Waals surface area (Å²) in [7, 11) is 3.16. The zero-order valence-corrected chi connectivity index (χ0v) is 11.6. The molecule has 0 saturated carbocycles. The van der Waals surface area contributed by atoms with Crippen molar-refractivity contribution in [2.45, 2.75) is 13.0 Å². The molecule has 0 aliphatic rings. The molecule has 1 amide bonds. The van der Waals surface area contributed by atoms with Gasteiger partial charge in [0, 0.05) is 6.20 Å². The Labute approximate surface area is 117 Å². The highest BCUT2D eigenvalue weighted by Crippen LogP contribution is 2.29. The fourth-order valence-electron chi connectivity index (χ4n) is 1.86. The predicted octanol–water partition coefficient (Wildman–Crippen LogP) is 1.92. The topological polar surface area (TPSA) is 76.2 Å². The van der Waals surface area contributed by atoms with Gasteiger partial charge in [-0.05, 0) is 24.6 Å². The van der Waals surface area contributed by atoms with Crippen LogP contribution in [0.4, 0.5) is 0 Å². The largest absolute Gasteiger partial charge is 0.493 e. The summed E-state index contributed by atoms with van der Waals surface area (Å²) in [6, 6.07) is 5.40. The number of aromatic amines is 1. The van der Waals surface area contributed by atoms with Gasteiger partial charge in [0.25, 0.3) is 5.91 Å². The van der Waals surface area contributed by atoms with E-state index in [4.69, 9.17) is 9.47 Å². The summed E-state index contributed by atoms with van der Waals surface area (Å²) in [4.78, 5) is 11.9. The van der Waals surface area contributed by atoms with Crippen molar-refractivity contribution in [2.75, 3.05) is 14.2 Å². The molecule has 6 heteroatoms. The number of nitrogens with one attached hydrogen (secondary N) is 2. The number of hydrogen-bond acceptors (Lipinski definition) is 4. The van der Waals surface area contributed by atoms with Gasteiger partial charge >= 0.3 is 0 Å². The molecule has 106 valence electrons. The Hall–Kier alpha value is -2.50. The van der Waals surface area contributed by atoms with Crippen molar-refractivity contribution in [1.29, 1.82) is 0 Å². The molecule has 0 spiro atoms. The molecule has 0 bridgehead atoms. The Morgan fingerprint density at radius 2 is 2.05 bits per heavy atom. The number of amides is 1. The van der Waals surface area contributed by atoms with Crippen molar-refractivity contribution in [2.24, 2.45) is 0 Å². The van der Waals surface area contributed by atoms with Crippen LogP contribution < -0.4 is 14.8 Å². The molecule has 6 nitrogen and oxygen atoms in total. The van der Waals surface area contributed by atoms with E-state index in [2.05, 4.69) is 15.5 Å². The van der Waals surface area contributed by atoms with Crippen molar-refractivity contribution in [3.63, 3.8) is 0 Å². The third-order valence-electron chi connectivity index (χ3n) is 3.02. The van der Waals surface area contributed by atoms with Gasteiger partial charge in [-0.2, -0.15) is 5.10 Å². The van der Waals surface area contributed by atoms with Crippen LogP contribution in [-0.4, -0.2) is 30.3 Å². The maximum absolute atomic E-state index is 11.9. The van der Waals surface area contributed by atoms with E-state index in [1.807, 2.05) is 25.1 Å². The van der Waals surface area contributed by atoms with Crippen molar-refractivity contribution in [3.8, 4) is 11.5 Å². The molecule has 2 rings (SSSR count). The van der Waals surface area contributed by atoms with Crippen LogP contribution >= 0.6 is 0 Å². The number of H-pyrrole nitrogens is 1. The second-order valence-electron chi connectivity index (χ2n) is 4.30. The Kier molecular flexibility index (Phi) is 4.24. The van der Waals surface area contributed by atoms with Crippen molar-refractivity contribution >= 4 is 5.91 Å². The number of carbonyl (C=O) groups is 1. The summed E-state index contributed by atoms with van der Waals surface area (Å²) in [5.41, 5.74) is 1.43. The molecular formula is C14H17N3O3. The first-order chi connectivity index (χ1) is 9.65. The number of benzene rings is 1. The number of methoxy groups -OCH3 is 2. The van der Waals surface area contributed by atoms with Crippen LogP contribution in [0.25, 0.3) is 0 Å². The molecule has 1 heterocycles. The molecule has 0 saturated heterocycles. The summed E-state index contributed by atoms with van der Waals surface area (Å²) in [6.45, 7) is 1.90. The monoisotopic (exact) mass is 275 g/mol. The molecule has 2 N–H and O–H groups in total. The SMILES string of the molecule is COc1ccc(C(C)NC(=O)c2cn[nH]c2)cc1OC. The number of carbonyl (C=O) groups excluding carboxylic acids is 1. The highest BCUT2D eigenvalue weighted by atomic mass is 16.5. The normalized spacial score (nSPS) is 11.8. The average Bonchev–Trinajstić information content (AvgIpc) is 3.00. The van der Waals surface area contributed by atoms with Crippen LogP contribution in [0.3, 0.4) is 0 Å². The van der Waals surface area contributed by atoms with E-state index in [0.717, 1.165) is 5.56 Å². The fourth-order valence-corrected chi connectivity index (χ4v) is 1.86. The summed E-state index contributed by atoms with van der Waals surface area (Å²) < 4.78 is 10.4. The lowest BCUT2D eigenvalue weighted by atomic mass is 10.1. The molecule has 0 radical (unpaired) electrons. The molecule has 1 unspecified atom stereocenters. The van der Waals surface area contributed by atoms with Crippen LogP contribution in [0.2, 0.25) is 0 Å². The molecule has 1 atom stereocenters. The summed E-state index contributed by atoms with van der Waals surface area (Å²) in [6.07, 6.45) is 3.04. The number of ether oxygens (including phenoxy) is 2. The second-order valence-corrected chi connectivity index (χ2v) is 4.30. The van der Waals surface area contributed by atoms with Gasteiger partial charge in [0.05, 0.1) is 32.0 Å². The van der Waals surface area contributed by atoms with Gasteiger partial charge in [-0.1, -0.05) is 6.07 Å². The minimum atomic E-state index is -0.180. The van der Waals surface area contributed by atoms with E-state index in [1.165, 1.54) is 6.20 Å². The maximum Gasteiger partial charge on any atom is 0.254 e. The predicted molar refractivity (Wildman–Crippen MR) is 74.0 cm³/mol. The number of rotatable bonds is 5. The third kappa shape index (κ3) is 2.90. The standard InChI is InChI=1S/C14H17N3O3/c1-9(17-14(18)11-7-15-16-8-11)10-4-5-12(19-2)13(6-10)20-3/h4-9H,1-3H3,(H,15,16)(H,17,18). The molecule has 1 aromatic heterocycles. The zero-order chi connectivity index (χ0) is 14.5. The number of nitrogens with zero attached hydrogens (tertiary/aromatic N) is 1. The van der Waals surface area contributed by atoms with Crippen molar-refractivity contribution in [3.05, 3.63) is 41.7 Å². The molecular weight excluding hydrogens is 258 g/mol. The highest BCUT2D eigenvalue weighted by molar-refractivity contribution is 5.93. The van der Waals surface area contributed by atoms with Gasteiger partial charge in [-0.25, -0.2) is 0 Å². The Morgan fingerprint density at radius 3 is 2.65 bits per heavy atom. The van der Waals surface area contributed by atoms with E-state index in [-0.39, 0.29) is 11.9 Å². The Morgan fingerprint density at radius 1 is 1.30 bits per heavy atom. The quantitative estimate of drug-likeness (QED) is 0.874. The Bertz CT molecular complexity index is 581. The molecule has 2 aromatic rings. The number of aromatic nitrogens is 2. The van der Waals surface area contributed by atoms with E-state index >= 15 is 0 Å². The van der Waals surface area contributed by atoms with Crippen LogP contribution in [0.15, 0.2) is 30.6 Å². The summed E-state index contributed by atoms with van der Waals surface area (Å²) >= 11 is 0. The number of hydrogen-bond donors (Lipinski definition) is 2. The van der Waals surface area contributed by atoms with E-state index in [9.17, 15) is 4.79 Å². The summed E-state index contributed by atoms with van der Waals surface area (Å²) in [5.74, 6) is 1.11. The first-order valence-corrected chi connectivity index (χ1v) is 6.17. The lowest BCUT2D eigenvalue weighted by Crippen LogP contribution is -2.26. The molecule has 0 fully saturated rings. The van der Waals surface area contributed by atoms with Gasteiger partial charge in [-0.15, -0.1) is 0 Å². The third-order valence-corrected chi connectivity index (χ3v) is 3.02. The van der Waals surface area contributed by atoms with E-state index in [0.29, 0.717) is 17.1 Å². The van der Waals surface area contributed by atoms with E-state index in [1.54, 1.807) is 20.4 Å². The Balaban J connectivity index is 2.13. The smallest absolute Gasteiger partial charge is 0.254 e.